The molecule has 6 nitrogen and oxygen atoms in total. The van der Waals surface area contributed by atoms with Crippen molar-refractivity contribution in [1.29, 1.82) is 0 Å². The van der Waals surface area contributed by atoms with E-state index in [1.165, 1.54) is 0 Å². The molecule has 0 aliphatic heterocycles. The zero-order chi connectivity index (χ0) is 21.1. The number of hydrogen-bond acceptors (Lipinski definition) is 5. The van der Waals surface area contributed by atoms with Crippen LogP contribution < -0.4 is 10.1 Å². The van der Waals surface area contributed by atoms with Gasteiger partial charge in [0.2, 0.25) is 5.95 Å². The minimum atomic E-state index is 0.00494. The molecule has 0 bridgehead atoms. The van der Waals surface area contributed by atoms with Crippen LogP contribution in [0.15, 0.2) is 67.1 Å². The highest BCUT2D eigenvalue weighted by Gasteiger charge is 2.10. The van der Waals surface area contributed by atoms with Gasteiger partial charge in [-0.05, 0) is 73.4 Å². The molecule has 0 spiro atoms. The number of aliphatic hydroxyl groups is 1. The fourth-order valence-electron chi connectivity index (χ4n) is 3.37. The van der Waals surface area contributed by atoms with Gasteiger partial charge in [0.25, 0.3) is 0 Å². The average molecular weight is 400 g/mol. The van der Waals surface area contributed by atoms with E-state index < -0.39 is 0 Å². The van der Waals surface area contributed by atoms with Crippen LogP contribution in [0.4, 0.5) is 11.6 Å². The second-order valence-corrected chi connectivity index (χ2v) is 7.25. The van der Waals surface area contributed by atoms with Crippen LogP contribution in [0.5, 0.6) is 11.5 Å². The number of nitrogens with one attached hydrogen (secondary N) is 1. The lowest BCUT2D eigenvalue weighted by Gasteiger charge is -2.14. The monoisotopic (exact) mass is 400 g/mol. The Morgan fingerprint density at radius 2 is 1.70 bits per heavy atom. The molecule has 0 radical (unpaired) electrons. The van der Waals surface area contributed by atoms with Gasteiger partial charge >= 0.3 is 0 Å². The van der Waals surface area contributed by atoms with Gasteiger partial charge in [-0.15, -0.1) is 0 Å². The van der Waals surface area contributed by atoms with E-state index in [0.717, 1.165) is 45.3 Å². The number of ether oxygens (including phenoxy) is 1. The van der Waals surface area contributed by atoms with Crippen LogP contribution in [0.1, 0.15) is 22.3 Å². The molecule has 2 aromatic carbocycles. The summed E-state index contributed by atoms with van der Waals surface area (Å²) in [4.78, 5) is 8.95. The summed E-state index contributed by atoms with van der Waals surface area (Å²) in [5.41, 5.74) is 4.83. The maximum absolute atomic E-state index is 9.43. The fraction of sp³-hybridized carbons (Fsp3) is 0.167. The van der Waals surface area contributed by atoms with Crippen LogP contribution in [0, 0.1) is 20.8 Å². The maximum Gasteiger partial charge on any atom is 0.229 e. The standard InChI is InChI=1S/C24H24N4O2/c1-16-11-20(12-17(2)23(16)30-21-7-5-4-6-8-21)26-24-25-10-9-22(27-24)28-13-18(3)19(14-28)15-29/h4-14,29H,15H2,1-3H3,(H,25,26,27). The predicted octanol–water partition coefficient (Wildman–Crippen LogP) is 5.22. The first kappa shape index (κ1) is 19.7. The molecule has 30 heavy (non-hydrogen) atoms. The molecule has 0 fully saturated rings. The minimum absolute atomic E-state index is 0.00494. The summed E-state index contributed by atoms with van der Waals surface area (Å²) in [7, 11) is 0. The third kappa shape index (κ3) is 4.18. The van der Waals surface area contributed by atoms with Crippen LogP contribution in [-0.2, 0) is 6.61 Å². The van der Waals surface area contributed by atoms with Crippen molar-refractivity contribution in [2.45, 2.75) is 27.4 Å². The molecule has 0 amide bonds. The van der Waals surface area contributed by atoms with Crippen molar-refractivity contribution in [2.75, 3.05) is 5.32 Å². The lowest BCUT2D eigenvalue weighted by atomic mass is 10.1. The minimum Gasteiger partial charge on any atom is -0.457 e. The zero-order valence-corrected chi connectivity index (χ0v) is 17.3. The Bertz CT molecular complexity index is 1150. The summed E-state index contributed by atoms with van der Waals surface area (Å²) in [6.07, 6.45) is 5.54. The molecule has 0 saturated heterocycles. The number of anilines is 2. The second kappa shape index (κ2) is 8.39. The Morgan fingerprint density at radius 3 is 2.37 bits per heavy atom. The Kier molecular flexibility index (Phi) is 5.50. The summed E-state index contributed by atoms with van der Waals surface area (Å²) in [6, 6.07) is 15.6. The van der Waals surface area contributed by atoms with Crippen molar-refractivity contribution < 1.29 is 9.84 Å². The highest BCUT2D eigenvalue weighted by molar-refractivity contribution is 5.61. The Labute approximate surface area is 175 Å². The van der Waals surface area contributed by atoms with E-state index in [2.05, 4.69) is 15.3 Å². The lowest BCUT2D eigenvalue weighted by molar-refractivity contribution is 0.281. The van der Waals surface area contributed by atoms with Gasteiger partial charge in [0.05, 0.1) is 6.61 Å². The van der Waals surface area contributed by atoms with Crippen molar-refractivity contribution in [3.8, 4) is 17.3 Å². The Morgan fingerprint density at radius 1 is 0.967 bits per heavy atom. The SMILES string of the molecule is Cc1cn(-c2ccnc(Nc3cc(C)c(Oc4ccccc4)c(C)c3)n2)cc1CO. The van der Waals surface area contributed by atoms with E-state index >= 15 is 0 Å². The van der Waals surface area contributed by atoms with Crippen LogP contribution >= 0.6 is 0 Å². The van der Waals surface area contributed by atoms with Gasteiger partial charge in [-0.1, -0.05) is 18.2 Å². The number of para-hydroxylation sites is 1. The molecule has 0 aliphatic carbocycles. The molecule has 4 aromatic rings. The highest BCUT2D eigenvalue weighted by Crippen LogP contribution is 2.32. The second-order valence-electron chi connectivity index (χ2n) is 7.25. The van der Waals surface area contributed by atoms with Crippen molar-refractivity contribution in [1.82, 2.24) is 14.5 Å². The first-order valence-electron chi connectivity index (χ1n) is 9.76. The number of aryl methyl sites for hydroxylation is 3. The molecular formula is C24H24N4O2. The molecule has 0 atom stereocenters. The van der Waals surface area contributed by atoms with E-state index in [1.807, 2.05) is 86.3 Å². The zero-order valence-electron chi connectivity index (χ0n) is 17.3. The summed E-state index contributed by atoms with van der Waals surface area (Å²) in [5, 5.41) is 12.7. The van der Waals surface area contributed by atoms with Gasteiger partial charge in [0.1, 0.15) is 17.3 Å². The largest absolute Gasteiger partial charge is 0.457 e. The lowest BCUT2D eigenvalue weighted by Crippen LogP contribution is -2.02. The number of hydrogen-bond donors (Lipinski definition) is 2. The number of aliphatic hydroxyl groups excluding tert-OH is 1. The molecular weight excluding hydrogens is 376 g/mol. The maximum atomic E-state index is 9.43. The summed E-state index contributed by atoms with van der Waals surface area (Å²) >= 11 is 0. The van der Waals surface area contributed by atoms with E-state index in [-0.39, 0.29) is 6.61 Å². The molecule has 2 heterocycles. The molecule has 2 N–H and O–H groups in total. The van der Waals surface area contributed by atoms with Gasteiger partial charge in [-0.25, -0.2) is 4.98 Å². The summed E-state index contributed by atoms with van der Waals surface area (Å²) in [6.45, 7) is 6.01. The summed E-state index contributed by atoms with van der Waals surface area (Å²) < 4.78 is 7.95. The van der Waals surface area contributed by atoms with Gasteiger partial charge in [0.15, 0.2) is 0 Å². The smallest absolute Gasteiger partial charge is 0.229 e. The predicted molar refractivity (Wildman–Crippen MR) is 118 cm³/mol. The molecule has 0 unspecified atom stereocenters. The van der Waals surface area contributed by atoms with Crippen LogP contribution in [0.25, 0.3) is 5.82 Å². The van der Waals surface area contributed by atoms with Crippen molar-refractivity contribution in [3.63, 3.8) is 0 Å². The van der Waals surface area contributed by atoms with Crippen LogP contribution in [0.2, 0.25) is 0 Å². The van der Waals surface area contributed by atoms with Crippen LogP contribution in [-0.4, -0.2) is 19.6 Å². The van der Waals surface area contributed by atoms with Gasteiger partial charge in [-0.2, -0.15) is 4.98 Å². The topological polar surface area (TPSA) is 72.2 Å². The molecule has 0 saturated carbocycles. The first-order chi connectivity index (χ1) is 14.5. The Hall–Kier alpha value is -3.64. The summed E-state index contributed by atoms with van der Waals surface area (Å²) in [5.74, 6) is 2.89. The normalized spacial score (nSPS) is 10.8. The van der Waals surface area contributed by atoms with E-state index in [4.69, 9.17) is 4.74 Å². The van der Waals surface area contributed by atoms with Crippen molar-refractivity contribution >= 4 is 11.6 Å². The van der Waals surface area contributed by atoms with E-state index in [9.17, 15) is 5.11 Å². The third-order valence-corrected chi connectivity index (χ3v) is 4.89. The van der Waals surface area contributed by atoms with Gasteiger partial charge in [0, 0.05) is 24.3 Å². The average Bonchev–Trinajstić information content (AvgIpc) is 3.12. The van der Waals surface area contributed by atoms with E-state index in [0.29, 0.717) is 5.95 Å². The van der Waals surface area contributed by atoms with Crippen LogP contribution in [0.3, 0.4) is 0 Å². The number of nitrogens with zero attached hydrogens (tertiary/aromatic N) is 3. The fourth-order valence-corrected chi connectivity index (χ4v) is 3.37. The van der Waals surface area contributed by atoms with Crippen molar-refractivity contribution in [3.05, 3.63) is 89.4 Å². The number of benzene rings is 2. The van der Waals surface area contributed by atoms with Crippen molar-refractivity contribution in [2.24, 2.45) is 0 Å². The molecule has 6 heteroatoms. The first-order valence-corrected chi connectivity index (χ1v) is 9.76. The molecule has 0 aliphatic rings. The van der Waals surface area contributed by atoms with Gasteiger partial charge < -0.3 is 19.7 Å². The van der Waals surface area contributed by atoms with E-state index in [1.54, 1.807) is 6.20 Å². The number of aromatic nitrogens is 3. The molecule has 4 rings (SSSR count). The highest BCUT2D eigenvalue weighted by atomic mass is 16.5. The number of rotatable bonds is 6. The molecule has 2 aromatic heterocycles. The van der Waals surface area contributed by atoms with Gasteiger partial charge in [-0.3, -0.25) is 0 Å². The quantitative estimate of drug-likeness (QED) is 0.464. The third-order valence-electron chi connectivity index (χ3n) is 4.89. The Balaban J connectivity index is 1.57. The molecule has 152 valence electrons.